The third-order valence-corrected chi connectivity index (χ3v) is 2.76. The Morgan fingerprint density at radius 3 is 2.67 bits per heavy atom. The number of hydrogen-bond donors (Lipinski definition) is 1. The molecule has 0 heterocycles. The topological polar surface area (TPSA) is 54.3 Å². The van der Waals surface area contributed by atoms with Crippen molar-refractivity contribution >= 4 is 0 Å². The van der Waals surface area contributed by atoms with Crippen LogP contribution in [-0.4, -0.2) is 20.8 Å². The molecule has 0 radical (unpaired) electrons. The summed E-state index contributed by atoms with van der Waals surface area (Å²) in [6.45, 7) is 2.93. The fraction of sp³-hybridized carbons (Fsp3) is 0.500. The molecule has 0 aliphatic rings. The van der Waals surface area contributed by atoms with E-state index in [9.17, 15) is 5.26 Å². The molecular formula is C14H20N2O2. The Balaban J connectivity index is 2.92. The van der Waals surface area contributed by atoms with Crippen molar-refractivity contribution in [2.45, 2.75) is 25.8 Å². The van der Waals surface area contributed by atoms with Crippen molar-refractivity contribution in [1.29, 1.82) is 5.26 Å². The zero-order chi connectivity index (χ0) is 13.4. The summed E-state index contributed by atoms with van der Waals surface area (Å²) in [4.78, 5) is 0. The molecule has 4 heteroatoms. The lowest BCUT2D eigenvalue weighted by Crippen LogP contribution is -2.21. The van der Waals surface area contributed by atoms with Gasteiger partial charge in [0.1, 0.15) is 17.5 Å². The van der Waals surface area contributed by atoms with Gasteiger partial charge in [-0.1, -0.05) is 13.3 Å². The summed E-state index contributed by atoms with van der Waals surface area (Å²) in [6.07, 6.45) is 2.14. The summed E-state index contributed by atoms with van der Waals surface area (Å²) in [5.74, 6) is 1.43. The molecule has 0 amide bonds. The molecule has 0 spiro atoms. The predicted molar refractivity (Wildman–Crippen MR) is 70.8 cm³/mol. The van der Waals surface area contributed by atoms with Crippen LogP contribution in [0.4, 0.5) is 0 Å². The van der Waals surface area contributed by atoms with Crippen LogP contribution in [-0.2, 0) is 0 Å². The monoisotopic (exact) mass is 248 g/mol. The van der Waals surface area contributed by atoms with Crippen LogP contribution in [0, 0.1) is 11.3 Å². The summed E-state index contributed by atoms with van der Waals surface area (Å²) < 4.78 is 10.5. The minimum atomic E-state index is -0.374. The first-order valence-electron chi connectivity index (χ1n) is 6.11. The molecule has 0 saturated carbocycles. The highest BCUT2D eigenvalue weighted by molar-refractivity contribution is 5.44. The van der Waals surface area contributed by atoms with Gasteiger partial charge in [-0.05, 0) is 31.2 Å². The average Bonchev–Trinajstić information content (AvgIpc) is 2.43. The maximum Gasteiger partial charge on any atom is 0.125 e. The number of nitrogens with one attached hydrogen (secondary N) is 1. The summed E-state index contributed by atoms with van der Waals surface area (Å²) in [5, 5.41) is 12.5. The van der Waals surface area contributed by atoms with Gasteiger partial charge in [-0.15, -0.1) is 0 Å². The van der Waals surface area contributed by atoms with Gasteiger partial charge in [0.15, 0.2) is 0 Å². The third kappa shape index (κ3) is 3.64. The van der Waals surface area contributed by atoms with Gasteiger partial charge in [0.2, 0.25) is 0 Å². The van der Waals surface area contributed by atoms with E-state index in [0.717, 1.165) is 30.7 Å². The van der Waals surface area contributed by atoms with Gasteiger partial charge in [-0.2, -0.15) is 5.26 Å². The maximum absolute atomic E-state index is 9.25. The number of methoxy groups -OCH3 is 2. The molecule has 1 N–H and O–H groups in total. The maximum atomic E-state index is 9.25. The number of rotatable bonds is 7. The van der Waals surface area contributed by atoms with Crippen LogP contribution < -0.4 is 14.8 Å². The molecule has 1 aromatic rings. The molecule has 1 atom stereocenters. The first-order chi connectivity index (χ1) is 8.76. The number of unbranched alkanes of at least 4 members (excludes halogenated alkanes) is 1. The van der Waals surface area contributed by atoms with Gasteiger partial charge in [0, 0.05) is 5.56 Å². The molecule has 98 valence electrons. The fourth-order valence-electron chi connectivity index (χ4n) is 1.71. The molecule has 0 bridgehead atoms. The first-order valence-corrected chi connectivity index (χ1v) is 6.11. The Kier molecular flexibility index (Phi) is 6.03. The summed E-state index contributed by atoms with van der Waals surface area (Å²) in [7, 11) is 3.21. The summed E-state index contributed by atoms with van der Waals surface area (Å²) in [5.41, 5.74) is 0.815. The third-order valence-electron chi connectivity index (χ3n) is 2.76. The Labute approximate surface area is 109 Å². The second-order valence-corrected chi connectivity index (χ2v) is 3.98. The quantitative estimate of drug-likeness (QED) is 0.754. The van der Waals surface area contributed by atoms with Gasteiger partial charge in [0.25, 0.3) is 0 Å². The summed E-state index contributed by atoms with van der Waals surface area (Å²) >= 11 is 0. The largest absolute Gasteiger partial charge is 0.497 e. The van der Waals surface area contributed by atoms with Gasteiger partial charge in [0.05, 0.1) is 20.3 Å². The van der Waals surface area contributed by atoms with E-state index in [1.807, 2.05) is 18.2 Å². The average molecular weight is 248 g/mol. The molecule has 0 aliphatic carbocycles. The van der Waals surface area contributed by atoms with Gasteiger partial charge < -0.3 is 9.47 Å². The zero-order valence-electron chi connectivity index (χ0n) is 11.2. The van der Waals surface area contributed by atoms with E-state index in [4.69, 9.17) is 9.47 Å². The first kappa shape index (κ1) is 14.3. The van der Waals surface area contributed by atoms with Crippen molar-refractivity contribution in [2.24, 2.45) is 0 Å². The van der Waals surface area contributed by atoms with Gasteiger partial charge in [-0.3, -0.25) is 5.32 Å². The zero-order valence-corrected chi connectivity index (χ0v) is 11.2. The van der Waals surface area contributed by atoms with Crippen LogP contribution in [0.15, 0.2) is 18.2 Å². The van der Waals surface area contributed by atoms with Crippen LogP contribution in [0.1, 0.15) is 31.4 Å². The van der Waals surface area contributed by atoms with Crippen molar-refractivity contribution in [2.75, 3.05) is 20.8 Å². The molecule has 0 aliphatic heterocycles. The molecule has 4 nitrogen and oxygen atoms in total. The molecule has 0 fully saturated rings. The van der Waals surface area contributed by atoms with Crippen LogP contribution in [0.25, 0.3) is 0 Å². The smallest absolute Gasteiger partial charge is 0.125 e. The lowest BCUT2D eigenvalue weighted by Gasteiger charge is -2.16. The lowest BCUT2D eigenvalue weighted by atomic mass is 10.1. The highest BCUT2D eigenvalue weighted by atomic mass is 16.5. The highest BCUT2D eigenvalue weighted by Gasteiger charge is 2.15. The SMILES string of the molecule is CCCCNC(C#N)c1cc(OC)ccc1OC. The van der Waals surface area contributed by atoms with E-state index < -0.39 is 0 Å². The van der Waals surface area contributed by atoms with Crippen LogP contribution >= 0.6 is 0 Å². The van der Waals surface area contributed by atoms with Crippen LogP contribution in [0.2, 0.25) is 0 Å². The number of nitriles is 1. The van der Waals surface area contributed by atoms with E-state index in [2.05, 4.69) is 18.3 Å². The van der Waals surface area contributed by atoms with Crippen LogP contribution in [0.3, 0.4) is 0 Å². The Hall–Kier alpha value is -1.73. The fourth-order valence-corrected chi connectivity index (χ4v) is 1.71. The lowest BCUT2D eigenvalue weighted by molar-refractivity contribution is 0.394. The van der Waals surface area contributed by atoms with Crippen LogP contribution in [0.5, 0.6) is 11.5 Å². The van der Waals surface area contributed by atoms with Crippen molar-refractivity contribution in [3.05, 3.63) is 23.8 Å². The van der Waals surface area contributed by atoms with E-state index in [1.54, 1.807) is 14.2 Å². The number of hydrogen-bond acceptors (Lipinski definition) is 4. The Bertz CT molecular complexity index is 413. The second-order valence-electron chi connectivity index (χ2n) is 3.98. The summed E-state index contributed by atoms with van der Waals surface area (Å²) in [6, 6.07) is 7.36. The van der Waals surface area contributed by atoms with E-state index in [0.29, 0.717) is 5.75 Å². The predicted octanol–water partition coefficient (Wildman–Crippen LogP) is 2.66. The molecule has 0 saturated heterocycles. The molecule has 1 rings (SSSR count). The Morgan fingerprint density at radius 2 is 2.11 bits per heavy atom. The molecule has 1 aromatic carbocycles. The van der Waals surface area contributed by atoms with Crippen molar-refractivity contribution in [3.63, 3.8) is 0 Å². The van der Waals surface area contributed by atoms with Crippen molar-refractivity contribution in [3.8, 4) is 17.6 Å². The Morgan fingerprint density at radius 1 is 1.33 bits per heavy atom. The minimum Gasteiger partial charge on any atom is -0.497 e. The molecule has 18 heavy (non-hydrogen) atoms. The number of ether oxygens (including phenoxy) is 2. The van der Waals surface area contributed by atoms with E-state index in [-0.39, 0.29) is 6.04 Å². The molecule has 1 unspecified atom stereocenters. The van der Waals surface area contributed by atoms with Crippen molar-refractivity contribution in [1.82, 2.24) is 5.32 Å². The molecule has 0 aromatic heterocycles. The van der Waals surface area contributed by atoms with E-state index in [1.165, 1.54) is 0 Å². The van der Waals surface area contributed by atoms with Gasteiger partial charge >= 0.3 is 0 Å². The second kappa shape index (κ2) is 7.57. The number of nitrogens with zero attached hydrogens (tertiary/aromatic N) is 1. The number of benzene rings is 1. The van der Waals surface area contributed by atoms with Crippen molar-refractivity contribution < 1.29 is 9.47 Å². The van der Waals surface area contributed by atoms with Gasteiger partial charge in [-0.25, -0.2) is 0 Å². The minimum absolute atomic E-state index is 0.374. The standard InChI is InChI=1S/C14H20N2O2/c1-4-5-8-16-13(10-15)12-9-11(17-2)6-7-14(12)18-3/h6-7,9,13,16H,4-5,8H2,1-3H3. The normalized spacial score (nSPS) is 11.7. The van der Waals surface area contributed by atoms with E-state index >= 15 is 0 Å². The highest BCUT2D eigenvalue weighted by Crippen LogP contribution is 2.29. The molecular weight excluding hydrogens is 228 g/mol.